The smallest absolute Gasteiger partial charge is 0.250 e. The van der Waals surface area contributed by atoms with Crippen LogP contribution in [-0.2, 0) is 11.8 Å². The van der Waals surface area contributed by atoms with E-state index in [9.17, 15) is 4.79 Å². The number of benzene rings is 2. The molecule has 0 saturated heterocycles. The van der Waals surface area contributed by atoms with Crippen molar-refractivity contribution in [3.05, 3.63) is 65.2 Å². The maximum atomic E-state index is 12.2. The zero-order valence-electron chi connectivity index (χ0n) is 15.6. The number of hydrogen-bond donors (Lipinski definition) is 1. The second-order valence-electron chi connectivity index (χ2n) is 5.98. The second kappa shape index (κ2) is 9.52. The van der Waals surface area contributed by atoms with Crippen LogP contribution in [-0.4, -0.2) is 32.1 Å². The predicted molar refractivity (Wildman–Crippen MR) is 114 cm³/mol. The van der Waals surface area contributed by atoms with Gasteiger partial charge in [0.1, 0.15) is 0 Å². The van der Waals surface area contributed by atoms with Crippen LogP contribution >= 0.6 is 23.4 Å². The molecule has 0 saturated carbocycles. The highest BCUT2D eigenvalue weighted by Gasteiger charge is 2.13. The fourth-order valence-corrected chi connectivity index (χ4v) is 3.48. The van der Waals surface area contributed by atoms with Crippen LogP contribution in [0.3, 0.4) is 0 Å². The predicted octanol–water partition coefficient (Wildman–Crippen LogP) is 4.16. The number of halogens is 1. The summed E-state index contributed by atoms with van der Waals surface area (Å²) in [5.41, 5.74) is 5.33. The Hall–Kier alpha value is -2.64. The van der Waals surface area contributed by atoms with Gasteiger partial charge in [0.25, 0.3) is 5.91 Å². The van der Waals surface area contributed by atoms with Gasteiger partial charge in [-0.1, -0.05) is 72.8 Å². The lowest BCUT2D eigenvalue weighted by atomic mass is 10.1. The van der Waals surface area contributed by atoms with E-state index in [4.69, 9.17) is 11.6 Å². The average molecular weight is 414 g/mol. The summed E-state index contributed by atoms with van der Waals surface area (Å²) in [5, 5.41) is 13.9. The van der Waals surface area contributed by atoms with Gasteiger partial charge in [0.05, 0.1) is 11.5 Å². The first-order valence-electron chi connectivity index (χ1n) is 8.77. The van der Waals surface area contributed by atoms with E-state index in [2.05, 4.69) is 20.7 Å². The van der Waals surface area contributed by atoms with Crippen molar-refractivity contribution in [1.29, 1.82) is 0 Å². The van der Waals surface area contributed by atoms with Crippen molar-refractivity contribution < 1.29 is 4.79 Å². The van der Waals surface area contributed by atoms with Gasteiger partial charge in [-0.25, -0.2) is 5.43 Å². The van der Waals surface area contributed by atoms with Gasteiger partial charge >= 0.3 is 0 Å². The molecule has 0 fully saturated rings. The minimum atomic E-state index is -0.195. The molecule has 0 bridgehead atoms. The third-order valence-electron chi connectivity index (χ3n) is 4.01. The van der Waals surface area contributed by atoms with Gasteiger partial charge in [-0.2, -0.15) is 5.10 Å². The zero-order chi connectivity index (χ0) is 19.9. The van der Waals surface area contributed by atoms with Crippen molar-refractivity contribution in [2.24, 2.45) is 12.1 Å². The van der Waals surface area contributed by atoms with E-state index < -0.39 is 0 Å². The van der Waals surface area contributed by atoms with Crippen LogP contribution in [0.2, 0.25) is 5.02 Å². The minimum absolute atomic E-state index is 0.191. The lowest BCUT2D eigenvalue weighted by Crippen LogP contribution is -2.22. The Morgan fingerprint density at radius 3 is 2.68 bits per heavy atom. The molecule has 3 rings (SSSR count). The van der Waals surface area contributed by atoms with E-state index in [1.165, 1.54) is 11.8 Å². The maximum absolute atomic E-state index is 12.2. The highest BCUT2D eigenvalue weighted by molar-refractivity contribution is 7.99. The second-order valence-corrected chi connectivity index (χ2v) is 7.36. The van der Waals surface area contributed by atoms with Gasteiger partial charge in [0.2, 0.25) is 0 Å². The third kappa shape index (κ3) is 4.99. The molecule has 1 N–H and O–H groups in total. The van der Waals surface area contributed by atoms with Gasteiger partial charge in [-0.3, -0.25) is 4.79 Å². The Morgan fingerprint density at radius 1 is 1.18 bits per heavy atom. The van der Waals surface area contributed by atoms with Crippen LogP contribution in [0.1, 0.15) is 18.9 Å². The molecule has 0 radical (unpaired) electrons. The summed E-state index contributed by atoms with van der Waals surface area (Å²) in [6.07, 6.45) is 0.726. The van der Waals surface area contributed by atoms with Crippen LogP contribution in [0.5, 0.6) is 0 Å². The number of hydrazone groups is 1. The molecule has 0 aliphatic carbocycles. The number of carbonyl (C=O) groups excluding carboxylic acids is 1. The summed E-state index contributed by atoms with van der Waals surface area (Å²) in [5.74, 6) is 0.691. The van der Waals surface area contributed by atoms with E-state index in [0.29, 0.717) is 16.0 Å². The van der Waals surface area contributed by atoms with E-state index in [-0.39, 0.29) is 11.7 Å². The molecule has 1 heterocycles. The van der Waals surface area contributed by atoms with Gasteiger partial charge in [0, 0.05) is 17.6 Å². The van der Waals surface area contributed by atoms with E-state index in [0.717, 1.165) is 23.3 Å². The lowest BCUT2D eigenvalue weighted by Gasteiger charge is -2.06. The van der Waals surface area contributed by atoms with Gasteiger partial charge in [-0.05, 0) is 24.1 Å². The first kappa shape index (κ1) is 20.1. The van der Waals surface area contributed by atoms with Gasteiger partial charge in [-0.15, -0.1) is 10.2 Å². The number of rotatable bonds is 7. The number of nitrogens with one attached hydrogen (secondary N) is 1. The van der Waals surface area contributed by atoms with Crippen LogP contribution in [0, 0.1) is 0 Å². The Balaban J connectivity index is 1.61. The first-order valence-corrected chi connectivity index (χ1v) is 10.1. The van der Waals surface area contributed by atoms with Crippen molar-refractivity contribution in [3.63, 3.8) is 0 Å². The van der Waals surface area contributed by atoms with Gasteiger partial charge in [0.15, 0.2) is 11.0 Å². The summed E-state index contributed by atoms with van der Waals surface area (Å²) in [6, 6.07) is 17.2. The molecule has 3 aromatic rings. The number of amides is 1. The molecule has 1 aromatic heterocycles. The molecular formula is C20H20ClN5OS. The summed E-state index contributed by atoms with van der Waals surface area (Å²) in [7, 11) is 1.86. The van der Waals surface area contributed by atoms with Crippen molar-refractivity contribution in [2.45, 2.75) is 18.5 Å². The van der Waals surface area contributed by atoms with Crippen molar-refractivity contribution in [3.8, 4) is 11.4 Å². The van der Waals surface area contributed by atoms with Crippen molar-refractivity contribution >= 4 is 35.0 Å². The van der Waals surface area contributed by atoms with E-state index >= 15 is 0 Å². The van der Waals surface area contributed by atoms with Crippen LogP contribution in [0.25, 0.3) is 11.4 Å². The fourth-order valence-electron chi connectivity index (χ4n) is 2.59. The Labute approximate surface area is 173 Å². The Kier molecular flexibility index (Phi) is 6.84. The molecule has 8 heteroatoms. The third-order valence-corrected chi connectivity index (χ3v) is 5.26. The summed E-state index contributed by atoms with van der Waals surface area (Å²) < 4.78 is 1.84. The quantitative estimate of drug-likeness (QED) is 0.358. The van der Waals surface area contributed by atoms with Crippen molar-refractivity contribution in [2.75, 3.05) is 5.75 Å². The average Bonchev–Trinajstić information content (AvgIpc) is 3.08. The number of carbonyl (C=O) groups is 1. The fraction of sp³-hybridized carbons (Fsp3) is 0.200. The maximum Gasteiger partial charge on any atom is 0.250 e. The minimum Gasteiger partial charge on any atom is -0.305 e. The molecule has 0 unspecified atom stereocenters. The highest BCUT2D eigenvalue weighted by Crippen LogP contribution is 2.24. The number of aromatic nitrogens is 3. The summed E-state index contributed by atoms with van der Waals surface area (Å²) >= 11 is 7.35. The van der Waals surface area contributed by atoms with E-state index in [1.54, 1.807) is 0 Å². The van der Waals surface area contributed by atoms with Crippen molar-refractivity contribution in [1.82, 2.24) is 20.2 Å². The normalized spacial score (nSPS) is 11.5. The monoisotopic (exact) mass is 413 g/mol. The molecule has 2 aromatic carbocycles. The first-order chi connectivity index (χ1) is 13.6. The highest BCUT2D eigenvalue weighted by atomic mass is 35.5. The topological polar surface area (TPSA) is 72.2 Å². The molecule has 0 atom stereocenters. The molecule has 0 aliphatic heterocycles. The van der Waals surface area contributed by atoms with Crippen LogP contribution < -0.4 is 5.43 Å². The SMILES string of the molecule is CC/C(=N/NC(=O)CSc1nnc(-c2cccc(Cl)c2)n1C)c1ccccc1. The molecule has 0 aliphatic rings. The molecular weight excluding hydrogens is 394 g/mol. The molecule has 1 amide bonds. The Morgan fingerprint density at radius 2 is 1.96 bits per heavy atom. The summed E-state index contributed by atoms with van der Waals surface area (Å²) in [6.45, 7) is 2.00. The molecule has 0 spiro atoms. The summed E-state index contributed by atoms with van der Waals surface area (Å²) in [4.78, 5) is 12.2. The largest absolute Gasteiger partial charge is 0.305 e. The lowest BCUT2D eigenvalue weighted by molar-refractivity contribution is -0.118. The number of nitrogens with zero attached hydrogens (tertiary/aromatic N) is 4. The number of hydrogen-bond acceptors (Lipinski definition) is 5. The van der Waals surface area contributed by atoms with E-state index in [1.807, 2.05) is 73.1 Å². The Bertz CT molecular complexity index is 987. The van der Waals surface area contributed by atoms with Crippen LogP contribution in [0.4, 0.5) is 0 Å². The standard InChI is InChI=1S/C20H20ClN5OS/c1-3-17(14-8-5-4-6-9-14)22-23-18(27)13-28-20-25-24-19(26(20)2)15-10-7-11-16(21)12-15/h4-12H,3,13H2,1-2H3,(H,23,27)/b22-17-. The van der Waals surface area contributed by atoms with Gasteiger partial charge < -0.3 is 4.57 Å². The molecule has 6 nitrogen and oxygen atoms in total. The molecule has 144 valence electrons. The van der Waals surface area contributed by atoms with Crippen LogP contribution in [0.15, 0.2) is 64.9 Å². The number of thioether (sulfide) groups is 1. The zero-order valence-corrected chi connectivity index (χ0v) is 17.2. The molecule has 28 heavy (non-hydrogen) atoms.